The second-order valence-corrected chi connectivity index (χ2v) is 16.0. The number of fused-ring (bicyclic) bond motifs is 12. The van der Waals surface area contributed by atoms with Crippen molar-refractivity contribution in [1.29, 1.82) is 10.5 Å². The second-order valence-electron chi connectivity index (χ2n) is 16.0. The first-order valence-corrected chi connectivity index (χ1v) is 20.7. The van der Waals surface area contributed by atoms with Crippen LogP contribution in [-0.4, -0.2) is 18.3 Å². The number of nitrogens with zero attached hydrogens (tertiary/aromatic N) is 6. The van der Waals surface area contributed by atoms with Gasteiger partial charge in [0, 0.05) is 60.2 Å². The molecule has 4 aromatic heterocycles. The minimum atomic E-state index is 0.418. The Morgan fingerprint density at radius 2 is 0.548 bits per heavy atom. The van der Waals surface area contributed by atoms with Crippen molar-refractivity contribution in [1.82, 2.24) is 18.3 Å². The molecule has 13 aromatic rings. The van der Waals surface area contributed by atoms with Crippen molar-refractivity contribution in [2.75, 3.05) is 0 Å². The highest BCUT2D eigenvalue weighted by Gasteiger charge is 2.24. The summed E-state index contributed by atoms with van der Waals surface area (Å²) in [7, 11) is 0. The molecule has 0 saturated carbocycles. The van der Waals surface area contributed by atoms with Crippen LogP contribution in [0.15, 0.2) is 194 Å². The normalized spacial score (nSPS) is 11.8. The number of aromatic nitrogens is 4. The lowest BCUT2D eigenvalue weighted by Crippen LogP contribution is -2.04. The molecule has 0 atom stereocenters. The van der Waals surface area contributed by atoms with Gasteiger partial charge in [0.1, 0.15) is 12.1 Å². The van der Waals surface area contributed by atoms with Crippen LogP contribution < -0.4 is 0 Å². The zero-order chi connectivity index (χ0) is 41.1. The first-order valence-electron chi connectivity index (χ1n) is 20.7. The Balaban J connectivity index is 1.10. The molecule has 0 radical (unpaired) electrons. The van der Waals surface area contributed by atoms with Crippen LogP contribution >= 0.6 is 0 Å². The lowest BCUT2D eigenvalue weighted by molar-refractivity contribution is 1.12. The minimum absolute atomic E-state index is 0.418. The van der Waals surface area contributed by atoms with Gasteiger partial charge in [0.2, 0.25) is 0 Å². The van der Waals surface area contributed by atoms with Gasteiger partial charge in [-0.1, -0.05) is 109 Å². The van der Waals surface area contributed by atoms with Crippen molar-refractivity contribution in [3.8, 4) is 34.9 Å². The van der Waals surface area contributed by atoms with Crippen LogP contribution in [0.3, 0.4) is 0 Å². The first kappa shape index (κ1) is 34.1. The van der Waals surface area contributed by atoms with Crippen LogP contribution in [0.4, 0.5) is 0 Å². The molecular formula is C56H32N6. The molecule has 0 unspecified atom stereocenters. The molecule has 286 valence electrons. The highest BCUT2D eigenvalue weighted by atomic mass is 15.0. The molecule has 0 bridgehead atoms. The molecule has 62 heavy (non-hydrogen) atoms. The third-order valence-corrected chi connectivity index (χ3v) is 12.8. The molecule has 0 spiro atoms. The van der Waals surface area contributed by atoms with Gasteiger partial charge < -0.3 is 18.3 Å². The van der Waals surface area contributed by atoms with E-state index >= 15 is 0 Å². The molecule has 0 aliphatic carbocycles. The van der Waals surface area contributed by atoms with Gasteiger partial charge in [0.05, 0.1) is 60.9 Å². The molecule has 0 saturated heterocycles. The van der Waals surface area contributed by atoms with Crippen LogP contribution in [0.25, 0.3) is 110 Å². The third-order valence-electron chi connectivity index (χ3n) is 12.8. The van der Waals surface area contributed by atoms with Crippen LogP contribution in [0, 0.1) is 22.7 Å². The topological polar surface area (TPSA) is 67.3 Å². The highest BCUT2D eigenvalue weighted by molar-refractivity contribution is 6.20. The van der Waals surface area contributed by atoms with E-state index in [0.29, 0.717) is 16.8 Å². The standard InChI is InChI=1S/C56H32N6/c57-33-35-27-39(61-50-25-13-9-21-42(50)45-29-52-44(30-54(45)61)40-19-7-11-23-48(40)59(52)37-15-3-1-4-16-37)28-36(34-58)56(35)62-51-26-14-10-22-43(51)47-31-53-46(32-55(47)62)41-20-8-12-24-49(41)60(53)38-17-5-2-6-18-38/h1-32H. The molecule has 6 heteroatoms. The SMILES string of the molecule is N#Cc1cc(-n2c3ccccc3c3cc4c(cc32)c2ccccc2n4-c2ccccc2)cc(C#N)c1-n1c2ccccc2c2cc3c(cc21)c1ccccc1n3-c1ccccc1. The van der Waals surface area contributed by atoms with Gasteiger partial charge in [-0.15, -0.1) is 0 Å². The number of hydrogen-bond acceptors (Lipinski definition) is 2. The third kappa shape index (κ3) is 4.61. The van der Waals surface area contributed by atoms with Gasteiger partial charge in [0.25, 0.3) is 0 Å². The fourth-order valence-electron chi connectivity index (χ4n) is 10.3. The minimum Gasteiger partial charge on any atom is -0.309 e. The van der Waals surface area contributed by atoms with E-state index < -0.39 is 0 Å². The van der Waals surface area contributed by atoms with Crippen molar-refractivity contribution < 1.29 is 0 Å². The summed E-state index contributed by atoms with van der Waals surface area (Å²) in [5, 5.41) is 31.1. The van der Waals surface area contributed by atoms with Gasteiger partial charge in [-0.05, 0) is 84.9 Å². The van der Waals surface area contributed by atoms with Gasteiger partial charge in [-0.3, -0.25) is 0 Å². The van der Waals surface area contributed by atoms with Gasteiger partial charge in [0.15, 0.2) is 0 Å². The average Bonchev–Trinajstić information content (AvgIpc) is 4.04. The number of benzene rings is 9. The highest BCUT2D eigenvalue weighted by Crippen LogP contribution is 2.43. The van der Waals surface area contributed by atoms with Crippen molar-refractivity contribution in [3.63, 3.8) is 0 Å². The van der Waals surface area contributed by atoms with Crippen LogP contribution in [-0.2, 0) is 0 Å². The van der Waals surface area contributed by atoms with E-state index in [2.05, 4.69) is 194 Å². The van der Waals surface area contributed by atoms with E-state index in [-0.39, 0.29) is 0 Å². The molecule has 13 rings (SSSR count). The maximum absolute atomic E-state index is 11.2. The van der Waals surface area contributed by atoms with Gasteiger partial charge >= 0.3 is 0 Å². The average molecular weight is 789 g/mol. The summed E-state index contributed by atoms with van der Waals surface area (Å²) in [6.07, 6.45) is 0. The molecule has 0 N–H and O–H groups in total. The predicted molar refractivity (Wildman–Crippen MR) is 253 cm³/mol. The lowest BCUT2D eigenvalue weighted by atomic mass is 10.1. The second kappa shape index (κ2) is 12.8. The van der Waals surface area contributed by atoms with E-state index in [4.69, 9.17) is 0 Å². The summed E-state index contributed by atoms with van der Waals surface area (Å²) >= 11 is 0. The van der Waals surface area contributed by atoms with E-state index in [0.717, 1.165) is 104 Å². The van der Waals surface area contributed by atoms with E-state index in [9.17, 15) is 10.5 Å². The summed E-state index contributed by atoms with van der Waals surface area (Å²) in [6, 6.07) is 72.9. The monoisotopic (exact) mass is 788 g/mol. The molecular weight excluding hydrogens is 757 g/mol. The Bertz CT molecular complexity index is 4070. The van der Waals surface area contributed by atoms with Crippen LogP contribution in [0.2, 0.25) is 0 Å². The summed E-state index contributed by atoms with van der Waals surface area (Å²) in [4.78, 5) is 0. The van der Waals surface area contributed by atoms with Crippen molar-refractivity contribution in [3.05, 3.63) is 205 Å². The summed E-state index contributed by atoms with van der Waals surface area (Å²) in [5.74, 6) is 0. The van der Waals surface area contributed by atoms with Crippen molar-refractivity contribution in [2.45, 2.75) is 0 Å². The van der Waals surface area contributed by atoms with E-state index in [1.165, 1.54) is 0 Å². The Morgan fingerprint density at radius 1 is 0.258 bits per heavy atom. The summed E-state index contributed by atoms with van der Waals surface area (Å²) in [6.45, 7) is 0. The number of hydrogen-bond donors (Lipinski definition) is 0. The van der Waals surface area contributed by atoms with E-state index in [1.54, 1.807) is 0 Å². The Morgan fingerprint density at radius 3 is 0.903 bits per heavy atom. The zero-order valence-electron chi connectivity index (χ0n) is 33.2. The first-order chi connectivity index (χ1) is 30.7. The maximum Gasteiger partial charge on any atom is 0.101 e. The van der Waals surface area contributed by atoms with Crippen molar-refractivity contribution in [2.24, 2.45) is 0 Å². The maximum atomic E-state index is 11.2. The summed E-state index contributed by atoms with van der Waals surface area (Å²) in [5.41, 5.74) is 12.7. The van der Waals surface area contributed by atoms with Gasteiger partial charge in [-0.2, -0.15) is 10.5 Å². The number of rotatable bonds is 4. The molecule has 0 fully saturated rings. The predicted octanol–water partition coefficient (Wildman–Crippen LogP) is 13.8. The van der Waals surface area contributed by atoms with Crippen molar-refractivity contribution >= 4 is 87.2 Å². The Hall–Kier alpha value is -8.84. The quantitative estimate of drug-likeness (QED) is 0.178. The fraction of sp³-hybridized carbons (Fsp3) is 0. The largest absolute Gasteiger partial charge is 0.309 e. The molecule has 9 aromatic carbocycles. The number of para-hydroxylation sites is 6. The Kier molecular flexibility index (Phi) is 7.05. The lowest BCUT2D eigenvalue weighted by Gasteiger charge is -2.16. The molecule has 4 heterocycles. The molecule has 6 nitrogen and oxygen atoms in total. The van der Waals surface area contributed by atoms with E-state index in [1.807, 2.05) is 30.3 Å². The smallest absolute Gasteiger partial charge is 0.101 e. The fourth-order valence-corrected chi connectivity index (χ4v) is 10.3. The van der Waals surface area contributed by atoms with Crippen LogP contribution in [0.1, 0.15) is 11.1 Å². The molecule has 0 aliphatic rings. The molecule has 0 aliphatic heterocycles. The van der Waals surface area contributed by atoms with Gasteiger partial charge in [-0.25, -0.2) is 0 Å². The Labute approximate surface area is 354 Å². The van der Waals surface area contributed by atoms with Crippen LogP contribution in [0.5, 0.6) is 0 Å². The molecule has 0 amide bonds. The zero-order valence-corrected chi connectivity index (χ0v) is 33.2. The summed E-state index contributed by atoms with van der Waals surface area (Å²) < 4.78 is 9.02. The number of nitriles is 2.